The fourth-order valence-electron chi connectivity index (χ4n) is 2.37. The van der Waals surface area contributed by atoms with Gasteiger partial charge in [0.2, 0.25) is 0 Å². The summed E-state index contributed by atoms with van der Waals surface area (Å²) in [5, 5.41) is 9.36. The van der Waals surface area contributed by atoms with E-state index in [0.29, 0.717) is 5.56 Å². The van der Waals surface area contributed by atoms with Crippen LogP contribution in [0.5, 0.6) is 0 Å². The molecule has 3 aromatic rings. The van der Waals surface area contributed by atoms with Crippen molar-refractivity contribution in [1.29, 1.82) is 5.26 Å². The second-order valence-corrected chi connectivity index (χ2v) is 5.97. The van der Waals surface area contributed by atoms with Gasteiger partial charge in [0.15, 0.2) is 0 Å². The van der Waals surface area contributed by atoms with E-state index >= 15 is 0 Å². The molecule has 0 atom stereocenters. The number of nitrogens with two attached hydrogens (primary N) is 1. The summed E-state index contributed by atoms with van der Waals surface area (Å²) >= 11 is 3.35. The van der Waals surface area contributed by atoms with Crippen LogP contribution in [0.2, 0.25) is 0 Å². The molecule has 0 saturated heterocycles. The summed E-state index contributed by atoms with van der Waals surface area (Å²) in [5.41, 5.74) is 7.73. The molecule has 2 N–H and O–H groups in total. The standard InChI is InChI=1S/C18H10BrF2N3/c19-11-3-1-10(2-4-11)14-8-17(24-18(23)15(14)9-22)13-6-5-12(20)7-16(13)21/h1-8H,(H2,23,24). The summed E-state index contributed by atoms with van der Waals surface area (Å²) in [4.78, 5) is 4.09. The first-order valence-electron chi connectivity index (χ1n) is 6.91. The lowest BCUT2D eigenvalue weighted by molar-refractivity contribution is 0.585. The highest BCUT2D eigenvalue weighted by Crippen LogP contribution is 2.32. The number of rotatable bonds is 2. The number of halogens is 3. The van der Waals surface area contributed by atoms with E-state index in [1.807, 2.05) is 30.3 Å². The summed E-state index contributed by atoms with van der Waals surface area (Å²) < 4.78 is 28.0. The third-order valence-corrected chi connectivity index (χ3v) is 4.05. The Bertz CT molecular complexity index is 963. The van der Waals surface area contributed by atoms with Crippen molar-refractivity contribution >= 4 is 21.7 Å². The molecule has 0 amide bonds. The van der Waals surface area contributed by atoms with E-state index in [4.69, 9.17) is 5.73 Å². The Morgan fingerprint density at radius 2 is 1.71 bits per heavy atom. The van der Waals surface area contributed by atoms with E-state index in [1.165, 1.54) is 6.07 Å². The van der Waals surface area contributed by atoms with Gasteiger partial charge in [0.05, 0.1) is 5.69 Å². The lowest BCUT2D eigenvalue weighted by atomic mass is 9.98. The molecule has 0 saturated carbocycles. The zero-order valence-electron chi connectivity index (χ0n) is 12.2. The number of benzene rings is 2. The zero-order chi connectivity index (χ0) is 17.3. The molecular formula is C18H10BrF2N3. The Hall–Kier alpha value is -2.78. The van der Waals surface area contributed by atoms with Crippen LogP contribution in [0.15, 0.2) is 53.0 Å². The van der Waals surface area contributed by atoms with Gasteiger partial charge in [0, 0.05) is 21.7 Å². The highest BCUT2D eigenvalue weighted by atomic mass is 79.9. The molecule has 2 aromatic carbocycles. The van der Waals surface area contributed by atoms with Crippen LogP contribution in [0.4, 0.5) is 14.6 Å². The lowest BCUT2D eigenvalue weighted by Gasteiger charge is -2.11. The van der Waals surface area contributed by atoms with E-state index in [-0.39, 0.29) is 22.6 Å². The molecule has 0 aliphatic heterocycles. The van der Waals surface area contributed by atoms with Gasteiger partial charge in [-0.05, 0) is 35.9 Å². The van der Waals surface area contributed by atoms with Crippen LogP contribution in [0.3, 0.4) is 0 Å². The summed E-state index contributed by atoms with van der Waals surface area (Å²) in [6.45, 7) is 0. The number of aromatic nitrogens is 1. The number of nitrogen functional groups attached to an aromatic ring is 1. The third-order valence-electron chi connectivity index (χ3n) is 3.52. The van der Waals surface area contributed by atoms with Crippen LogP contribution in [-0.4, -0.2) is 4.98 Å². The van der Waals surface area contributed by atoms with Gasteiger partial charge in [-0.25, -0.2) is 13.8 Å². The predicted molar refractivity (Wildman–Crippen MR) is 91.9 cm³/mol. The normalized spacial score (nSPS) is 10.4. The van der Waals surface area contributed by atoms with Crippen molar-refractivity contribution in [3.05, 3.63) is 70.2 Å². The quantitative estimate of drug-likeness (QED) is 0.681. The predicted octanol–water partition coefficient (Wildman–Crippen LogP) is 4.91. The minimum Gasteiger partial charge on any atom is -0.383 e. The molecule has 3 nitrogen and oxygen atoms in total. The largest absolute Gasteiger partial charge is 0.383 e. The molecule has 118 valence electrons. The van der Waals surface area contributed by atoms with E-state index < -0.39 is 11.6 Å². The van der Waals surface area contributed by atoms with Gasteiger partial charge < -0.3 is 5.73 Å². The molecule has 0 bridgehead atoms. The maximum absolute atomic E-state index is 14.0. The molecule has 1 heterocycles. The zero-order valence-corrected chi connectivity index (χ0v) is 13.8. The summed E-state index contributed by atoms with van der Waals surface area (Å²) in [6.07, 6.45) is 0. The van der Waals surface area contributed by atoms with Crippen LogP contribution in [0.1, 0.15) is 5.56 Å². The second-order valence-electron chi connectivity index (χ2n) is 5.06. The Balaban J connectivity index is 2.24. The Labute approximate surface area is 145 Å². The van der Waals surface area contributed by atoms with Crippen LogP contribution >= 0.6 is 15.9 Å². The molecule has 0 unspecified atom stereocenters. The highest BCUT2D eigenvalue weighted by Gasteiger charge is 2.15. The fourth-order valence-corrected chi connectivity index (χ4v) is 2.64. The molecule has 0 aliphatic carbocycles. The molecular weight excluding hydrogens is 376 g/mol. The molecule has 0 aliphatic rings. The van der Waals surface area contributed by atoms with Crippen LogP contribution < -0.4 is 5.73 Å². The summed E-state index contributed by atoms with van der Waals surface area (Å²) in [7, 11) is 0. The van der Waals surface area contributed by atoms with Crippen molar-refractivity contribution in [2.45, 2.75) is 0 Å². The SMILES string of the molecule is N#Cc1c(-c2ccc(Br)cc2)cc(-c2ccc(F)cc2F)nc1N. The van der Waals surface area contributed by atoms with Crippen LogP contribution in [0.25, 0.3) is 22.4 Å². The minimum absolute atomic E-state index is 0.00311. The molecule has 0 spiro atoms. The van der Waals surface area contributed by atoms with E-state index in [9.17, 15) is 14.0 Å². The van der Waals surface area contributed by atoms with E-state index in [1.54, 1.807) is 6.07 Å². The molecule has 1 aromatic heterocycles. The van der Waals surface area contributed by atoms with Crippen LogP contribution in [0, 0.1) is 23.0 Å². The second kappa shape index (κ2) is 6.38. The Morgan fingerprint density at radius 1 is 1.00 bits per heavy atom. The van der Waals surface area contributed by atoms with Gasteiger partial charge in [-0.3, -0.25) is 0 Å². The molecule has 0 fully saturated rings. The first kappa shape index (κ1) is 16.1. The number of anilines is 1. The van der Waals surface area contributed by atoms with Crippen molar-refractivity contribution in [2.75, 3.05) is 5.73 Å². The van der Waals surface area contributed by atoms with Crippen molar-refractivity contribution in [2.24, 2.45) is 0 Å². The average Bonchev–Trinajstić information content (AvgIpc) is 2.55. The maximum atomic E-state index is 14.0. The van der Waals surface area contributed by atoms with Gasteiger partial charge in [-0.15, -0.1) is 0 Å². The average molecular weight is 386 g/mol. The number of nitrogens with zero attached hydrogens (tertiary/aromatic N) is 2. The number of hydrogen-bond donors (Lipinski definition) is 1. The molecule has 6 heteroatoms. The van der Waals surface area contributed by atoms with Crippen molar-refractivity contribution in [3.8, 4) is 28.5 Å². The number of pyridine rings is 1. The third kappa shape index (κ3) is 2.99. The molecule has 24 heavy (non-hydrogen) atoms. The van der Waals surface area contributed by atoms with E-state index in [0.717, 1.165) is 22.2 Å². The topological polar surface area (TPSA) is 62.7 Å². The van der Waals surface area contributed by atoms with Crippen molar-refractivity contribution in [1.82, 2.24) is 4.98 Å². The van der Waals surface area contributed by atoms with Gasteiger partial charge in [0.1, 0.15) is 29.1 Å². The van der Waals surface area contributed by atoms with Gasteiger partial charge in [-0.2, -0.15) is 5.26 Å². The van der Waals surface area contributed by atoms with Gasteiger partial charge in [0.25, 0.3) is 0 Å². The van der Waals surface area contributed by atoms with Gasteiger partial charge >= 0.3 is 0 Å². The number of hydrogen-bond acceptors (Lipinski definition) is 3. The maximum Gasteiger partial charge on any atom is 0.142 e. The minimum atomic E-state index is -0.742. The van der Waals surface area contributed by atoms with Crippen molar-refractivity contribution in [3.63, 3.8) is 0 Å². The Morgan fingerprint density at radius 3 is 2.33 bits per heavy atom. The van der Waals surface area contributed by atoms with Gasteiger partial charge in [-0.1, -0.05) is 28.1 Å². The molecule has 0 radical (unpaired) electrons. The fraction of sp³-hybridized carbons (Fsp3) is 0. The molecule has 3 rings (SSSR count). The summed E-state index contributed by atoms with van der Waals surface area (Å²) in [5.74, 6) is -1.42. The number of nitriles is 1. The summed E-state index contributed by atoms with van der Waals surface area (Å²) in [6, 6.07) is 14.1. The first-order chi connectivity index (χ1) is 11.5. The first-order valence-corrected chi connectivity index (χ1v) is 7.71. The smallest absolute Gasteiger partial charge is 0.142 e. The van der Waals surface area contributed by atoms with Crippen LogP contribution in [-0.2, 0) is 0 Å². The lowest BCUT2D eigenvalue weighted by Crippen LogP contribution is -2.00. The highest BCUT2D eigenvalue weighted by molar-refractivity contribution is 9.10. The monoisotopic (exact) mass is 385 g/mol. The van der Waals surface area contributed by atoms with E-state index in [2.05, 4.69) is 20.9 Å². The Kier molecular flexibility index (Phi) is 4.28. The van der Waals surface area contributed by atoms with Crippen molar-refractivity contribution < 1.29 is 8.78 Å².